The summed E-state index contributed by atoms with van der Waals surface area (Å²) < 4.78 is 0. The van der Waals surface area contributed by atoms with Crippen molar-refractivity contribution in [1.82, 2.24) is 0 Å². The van der Waals surface area contributed by atoms with E-state index in [-0.39, 0.29) is 11.8 Å². The zero-order chi connectivity index (χ0) is 15.0. The summed E-state index contributed by atoms with van der Waals surface area (Å²) in [4.78, 5) is 12.0. The van der Waals surface area contributed by atoms with E-state index in [2.05, 4.69) is 24.4 Å². The van der Waals surface area contributed by atoms with E-state index in [0.29, 0.717) is 0 Å². The molecule has 3 heteroatoms. The molecule has 0 saturated carbocycles. The van der Waals surface area contributed by atoms with Gasteiger partial charge in [0.1, 0.15) is 0 Å². The fourth-order valence-electron chi connectivity index (χ4n) is 2.07. The maximum atomic E-state index is 12.0. The predicted molar refractivity (Wildman–Crippen MR) is 85.7 cm³/mol. The average molecular weight is 276 g/mol. The molecule has 0 heterocycles. The normalized spacial score (nSPS) is 13.8. The number of benzene rings is 1. The standard InChI is InChI=1S/C17H28N2O/c1-4-6-7-8-14-9-11-15(12-10-14)19-17(20)16(18)13(3)5-2/h9-13,16H,4-8,18H2,1-3H3,(H,19,20). The summed E-state index contributed by atoms with van der Waals surface area (Å²) in [7, 11) is 0. The Morgan fingerprint density at radius 3 is 2.40 bits per heavy atom. The molecule has 20 heavy (non-hydrogen) atoms. The number of amides is 1. The molecular formula is C17H28N2O. The van der Waals surface area contributed by atoms with Crippen molar-refractivity contribution in [2.24, 2.45) is 11.7 Å². The molecule has 0 aliphatic rings. The van der Waals surface area contributed by atoms with Crippen molar-refractivity contribution >= 4 is 11.6 Å². The maximum absolute atomic E-state index is 12.0. The third kappa shape index (κ3) is 5.33. The van der Waals surface area contributed by atoms with Crippen LogP contribution in [0.1, 0.15) is 52.0 Å². The van der Waals surface area contributed by atoms with E-state index in [1.54, 1.807) is 0 Å². The number of anilines is 1. The molecule has 0 aliphatic heterocycles. The van der Waals surface area contributed by atoms with Gasteiger partial charge < -0.3 is 11.1 Å². The van der Waals surface area contributed by atoms with Crippen LogP contribution in [-0.4, -0.2) is 11.9 Å². The van der Waals surface area contributed by atoms with Crippen LogP contribution >= 0.6 is 0 Å². The van der Waals surface area contributed by atoms with Crippen LogP contribution in [0.3, 0.4) is 0 Å². The Bertz CT molecular complexity index is 400. The molecule has 0 spiro atoms. The number of carbonyl (C=O) groups is 1. The van der Waals surface area contributed by atoms with E-state index in [4.69, 9.17) is 5.73 Å². The lowest BCUT2D eigenvalue weighted by atomic mass is 9.99. The molecule has 1 amide bonds. The van der Waals surface area contributed by atoms with Gasteiger partial charge in [0.2, 0.25) is 5.91 Å². The van der Waals surface area contributed by atoms with Crippen molar-refractivity contribution in [2.45, 2.75) is 58.9 Å². The van der Waals surface area contributed by atoms with E-state index in [1.807, 2.05) is 26.0 Å². The molecule has 112 valence electrons. The number of hydrogen-bond acceptors (Lipinski definition) is 2. The first-order valence-electron chi connectivity index (χ1n) is 7.73. The van der Waals surface area contributed by atoms with Gasteiger partial charge in [-0.1, -0.05) is 52.2 Å². The Morgan fingerprint density at radius 2 is 1.85 bits per heavy atom. The predicted octanol–water partition coefficient (Wildman–Crippen LogP) is 3.73. The third-order valence-corrected chi connectivity index (χ3v) is 3.85. The van der Waals surface area contributed by atoms with E-state index in [1.165, 1.54) is 24.8 Å². The van der Waals surface area contributed by atoms with Crippen LogP contribution in [-0.2, 0) is 11.2 Å². The Kier molecular flexibility index (Phi) is 7.31. The van der Waals surface area contributed by atoms with Gasteiger partial charge >= 0.3 is 0 Å². The highest BCUT2D eigenvalue weighted by molar-refractivity contribution is 5.94. The number of rotatable bonds is 8. The van der Waals surface area contributed by atoms with Gasteiger partial charge in [0.15, 0.2) is 0 Å². The van der Waals surface area contributed by atoms with Crippen LogP contribution in [0.25, 0.3) is 0 Å². The van der Waals surface area contributed by atoms with Gasteiger partial charge in [0.25, 0.3) is 0 Å². The number of aryl methyl sites for hydroxylation is 1. The van der Waals surface area contributed by atoms with Gasteiger partial charge in [-0.15, -0.1) is 0 Å². The second-order valence-electron chi connectivity index (χ2n) is 5.55. The van der Waals surface area contributed by atoms with Crippen molar-refractivity contribution in [3.05, 3.63) is 29.8 Å². The van der Waals surface area contributed by atoms with Crippen LogP contribution < -0.4 is 11.1 Å². The molecule has 0 aromatic heterocycles. The molecule has 0 fully saturated rings. The number of nitrogens with two attached hydrogens (primary N) is 1. The van der Waals surface area contributed by atoms with Gasteiger partial charge in [-0.05, 0) is 36.5 Å². The first-order valence-corrected chi connectivity index (χ1v) is 7.73. The van der Waals surface area contributed by atoms with Crippen molar-refractivity contribution in [3.8, 4) is 0 Å². The summed E-state index contributed by atoms with van der Waals surface area (Å²) in [6.45, 7) is 6.25. The largest absolute Gasteiger partial charge is 0.325 e. The topological polar surface area (TPSA) is 55.1 Å². The van der Waals surface area contributed by atoms with Crippen molar-refractivity contribution in [1.29, 1.82) is 0 Å². The van der Waals surface area contributed by atoms with Gasteiger partial charge in [0, 0.05) is 5.69 Å². The van der Waals surface area contributed by atoms with Crippen LogP contribution in [0.2, 0.25) is 0 Å². The highest BCUT2D eigenvalue weighted by Crippen LogP contribution is 2.14. The van der Waals surface area contributed by atoms with Crippen LogP contribution in [0, 0.1) is 5.92 Å². The van der Waals surface area contributed by atoms with E-state index in [0.717, 1.165) is 18.5 Å². The van der Waals surface area contributed by atoms with Crippen LogP contribution in [0.15, 0.2) is 24.3 Å². The highest BCUT2D eigenvalue weighted by Gasteiger charge is 2.19. The zero-order valence-electron chi connectivity index (χ0n) is 13.0. The average Bonchev–Trinajstić information content (AvgIpc) is 2.47. The molecule has 0 radical (unpaired) electrons. The van der Waals surface area contributed by atoms with E-state index >= 15 is 0 Å². The fourth-order valence-corrected chi connectivity index (χ4v) is 2.07. The van der Waals surface area contributed by atoms with Crippen LogP contribution in [0.5, 0.6) is 0 Å². The quantitative estimate of drug-likeness (QED) is 0.711. The number of hydrogen-bond donors (Lipinski definition) is 2. The van der Waals surface area contributed by atoms with Crippen molar-refractivity contribution in [3.63, 3.8) is 0 Å². The Balaban J connectivity index is 2.50. The number of carbonyl (C=O) groups excluding carboxylic acids is 1. The minimum absolute atomic E-state index is 0.0990. The molecule has 0 aliphatic carbocycles. The Labute approximate surface area is 122 Å². The molecular weight excluding hydrogens is 248 g/mol. The molecule has 1 aromatic rings. The maximum Gasteiger partial charge on any atom is 0.241 e. The summed E-state index contributed by atoms with van der Waals surface area (Å²) in [5.74, 6) is 0.0985. The molecule has 2 atom stereocenters. The summed E-state index contributed by atoms with van der Waals surface area (Å²) in [5.41, 5.74) is 8.07. The number of unbranched alkanes of at least 4 members (excludes halogenated alkanes) is 2. The lowest BCUT2D eigenvalue weighted by Gasteiger charge is -2.17. The summed E-state index contributed by atoms with van der Waals surface area (Å²) in [5, 5.41) is 2.89. The van der Waals surface area contributed by atoms with E-state index < -0.39 is 6.04 Å². The first-order chi connectivity index (χ1) is 9.58. The number of nitrogens with one attached hydrogen (secondary N) is 1. The summed E-state index contributed by atoms with van der Waals surface area (Å²) in [6, 6.07) is 7.65. The third-order valence-electron chi connectivity index (χ3n) is 3.85. The van der Waals surface area contributed by atoms with Crippen molar-refractivity contribution < 1.29 is 4.79 Å². The molecule has 1 rings (SSSR count). The van der Waals surface area contributed by atoms with E-state index in [9.17, 15) is 4.79 Å². The molecule has 2 unspecified atom stereocenters. The SMILES string of the molecule is CCCCCc1ccc(NC(=O)C(N)C(C)CC)cc1. The fraction of sp³-hybridized carbons (Fsp3) is 0.588. The molecule has 0 bridgehead atoms. The second kappa shape index (κ2) is 8.75. The van der Waals surface area contributed by atoms with Gasteiger partial charge in [-0.3, -0.25) is 4.79 Å². The highest BCUT2D eigenvalue weighted by atomic mass is 16.2. The zero-order valence-corrected chi connectivity index (χ0v) is 13.0. The smallest absolute Gasteiger partial charge is 0.241 e. The monoisotopic (exact) mass is 276 g/mol. The Morgan fingerprint density at radius 1 is 1.20 bits per heavy atom. The summed E-state index contributed by atoms with van der Waals surface area (Å²) >= 11 is 0. The minimum Gasteiger partial charge on any atom is -0.325 e. The van der Waals surface area contributed by atoms with Gasteiger partial charge in [-0.25, -0.2) is 0 Å². The molecule has 1 aromatic carbocycles. The lowest BCUT2D eigenvalue weighted by Crippen LogP contribution is -2.40. The Hall–Kier alpha value is -1.35. The van der Waals surface area contributed by atoms with Crippen molar-refractivity contribution in [2.75, 3.05) is 5.32 Å². The first kappa shape index (κ1) is 16.7. The van der Waals surface area contributed by atoms with Gasteiger partial charge in [0.05, 0.1) is 6.04 Å². The van der Waals surface area contributed by atoms with Crippen LogP contribution in [0.4, 0.5) is 5.69 Å². The second-order valence-corrected chi connectivity index (χ2v) is 5.55. The lowest BCUT2D eigenvalue weighted by molar-refractivity contribution is -0.118. The molecule has 3 N–H and O–H groups in total. The van der Waals surface area contributed by atoms with Gasteiger partial charge in [-0.2, -0.15) is 0 Å². The summed E-state index contributed by atoms with van der Waals surface area (Å²) in [6.07, 6.45) is 5.74. The minimum atomic E-state index is -0.441. The molecule has 0 saturated heterocycles. The molecule has 3 nitrogen and oxygen atoms in total.